The Kier molecular flexibility index (Phi) is 12.2. The third kappa shape index (κ3) is 8.15. The lowest BCUT2D eigenvalue weighted by atomic mass is 10.1. The van der Waals surface area contributed by atoms with Crippen LogP contribution < -0.4 is 9.47 Å². The molecule has 0 spiro atoms. The molecule has 0 saturated heterocycles. The molecule has 0 heterocycles. The predicted molar refractivity (Wildman–Crippen MR) is 139 cm³/mol. The lowest BCUT2D eigenvalue weighted by Gasteiger charge is -2.11. The van der Waals surface area contributed by atoms with Crippen molar-refractivity contribution in [3.8, 4) is 33.8 Å². The van der Waals surface area contributed by atoms with Gasteiger partial charge >= 0.3 is 0 Å². The molecule has 4 aromatic carbocycles. The molecule has 6 heteroatoms. The van der Waals surface area contributed by atoms with Gasteiger partial charge in [0, 0.05) is 23.3 Å². The van der Waals surface area contributed by atoms with Crippen molar-refractivity contribution in [1.82, 2.24) is 0 Å². The van der Waals surface area contributed by atoms with Crippen LogP contribution in [0, 0.1) is 23.3 Å². The zero-order valence-electron chi connectivity index (χ0n) is 18.8. The predicted octanol–water partition coefficient (Wildman–Crippen LogP) is 9.68. The smallest absolute Gasteiger partial charge is 0.230 e. The van der Waals surface area contributed by atoms with Gasteiger partial charge in [-0.05, 0) is 59.7 Å². The summed E-state index contributed by atoms with van der Waals surface area (Å²) in [6.45, 7) is 3.99. The van der Waals surface area contributed by atoms with Gasteiger partial charge in [-0.1, -0.05) is 59.4 Å². The Balaban J connectivity index is 0.00000123. The van der Waals surface area contributed by atoms with Gasteiger partial charge < -0.3 is 9.47 Å². The molecule has 0 aliphatic rings. The second-order valence-corrected chi connectivity index (χ2v) is 7.41. The van der Waals surface area contributed by atoms with Crippen LogP contribution in [0.4, 0.5) is 17.6 Å². The van der Waals surface area contributed by atoms with E-state index in [2.05, 4.69) is 13.8 Å². The van der Waals surface area contributed by atoms with Crippen molar-refractivity contribution in [3.05, 3.63) is 108 Å². The average molecular weight is 501 g/mol. The number of benzene rings is 4. The minimum atomic E-state index is -0.529. The number of rotatable bonds is 6. The van der Waals surface area contributed by atoms with Gasteiger partial charge in [-0.2, -0.15) is 0 Å². The molecule has 192 valence electrons. The van der Waals surface area contributed by atoms with E-state index in [0.29, 0.717) is 22.3 Å². The summed E-state index contributed by atoms with van der Waals surface area (Å²) in [5.41, 5.74) is 1.70. The van der Waals surface area contributed by atoms with Crippen molar-refractivity contribution >= 4 is 0 Å². The third-order valence-corrected chi connectivity index (χ3v) is 4.64. The Morgan fingerprint density at radius 1 is 0.528 bits per heavy atom. The van der Waals surface area contributed by atoms with Gasteiger partial charge in [0.05, 0.1) is 0 Å². The van der Waals surface area contributed by atoms with Crippen LogP contribution in [-0.4, -0.2) is 6.79 Å². The van der Waals surface area contributed by atoms with Gasteiger partial charge in [0.15, 0.2) is 0 Å². The first kappa shape index (κ1) is 30.2. The van der Waals surface area contributed by atoms with Gasteiger partial charge in [0.25, 0.3) is 0 Å². The second-order valence-electron chi connectivity index (χ2n) is 7.41. The Morgan fingerprint density at radius 3 is 1.17 bits per heavy atom. The average Bonchev–Trinajstić information content (AvgIpc) is 2.81. The number of halogens is 4. The van der Waals surface area contributed by atoms with E-state index in [1.807, 2.05) is 0 Å². The molecule has 0 saturated carbocycles. The molecule has 4 rings (SSSR count). The standard InChI is InChI=1S/C25H16F4O2.C3H8.2CH4/c26-18-5-1-16(2-6-18)22-11-9-20(13-24(22)28)30-15-31-21-10-12-23(25(29)14-21)17-3-7-19(27)8-4-17;1-3-2;;/h1-14H,15H2;3H2,1-2H3;2*1H4. The number of hydrogen-bond acceptors (Lipinski definition) is 2. The lowest BCUT2D eigenvalue weighted by molar-refractivity contribution is 0.119. The fourth-order valence-corrected chi connectivity index (χ4v) is 3.06. The first-order chi connectivity index (χ1) is 16.4. The van der Waals surface area contributed by atoms with Crippen LogP contribution in [0.25, 0.3) is 22.3 Å². The lowest BCUT2D eigenvalue weighted by Crippen LogP contribution is -2.06. The molecule has 4 aromatic rings. The largest absolute Gasteiger partial charge is 0.457 e. The van der Waals surface area contributed by atoms with Crippen LogP contribution in [0.5, 0.6) is 11.5 Å². The van der Waals surface area contributed by atoms with Crippen LogP contribution in [0.15, 0.2) is 84.9 Å². The highest BCUT2D eigenvalue weighted by atomic mass is 19.1. The summed E-state index contributed by atoms with van der Waals surface area (Å²) in [4.78, 5) is 0. The summed E-state index contributed by atoms with van der Waals surface area (Å²) in [7, 11) is 0. The van der Waals surface area contributed by atoms with Crippen LogP contribution in [-0.2, 0) is 0 Å². The fourth-order valence-electron chi connectivity index (χ4n) is 3.06. The molecule has 36 heavy (non-hydrogen) atoms. The number of ether oxygens (including phenoxy) is 2. The SMILES string of the molecule is C.C.CCC.Fc1ccc(-c2ccc(OCOc3ccc(-c4ccc(F)cc4)c(F)c3)cc2F)cc1. The van der Waals surface area contributed by atoms with Gasteiger partial charge in [0.1, 0.15) is 34.8 Å². The van der Waals surface area contributed by atoms with Gasteiger partial charge in [0.2, 0.25) is 6.79 Å². The quantitative estimate of drug-likeness (QED) is 0.194. The van der Waals surface area contributed by atoms with Gasteiger partial charge in [-0.25, -0.2) is 17.6 Å². The molecule has 0 aromatic heterocycles. The van der Waals surface area contributed by atoms with Crippen LogP contribution in [0.3, 0.4) is 0 Å². The molecule has 0 amide bonds. The minimum Gasteiger partial charge on any atom is -0.457 e. The molecule has 0 unspecified atom stereocenters. The second kappa shape index (κ2) is 14.6. The van der Waals surface area contributed by atoms with E-state index in [0.717, 1.165) is 0 Å². The van der Waals surface area contributed by atoms with E-state index in [4.69, 9.17) is 9.47 Å². The maximum absolute atomic E-state index is 14.4. The summed E-state index contributed by atoms with van der Waals surface area (Å²) in [5.74, 6) is -1.40. The molecule has 0 aliphatic heterocycles. The Morgan fingerprint density at radius 2 is 0.861 bits per heavy atom. The van der Waals surface area contributed by atoms with Crippen molar-refractivity contribution in [3.63, 3.8) is 0 Å². The zero-order chi connectivity index (χ0) is 24.5. The van der Waals surface area contributed by atoms with Crippen molar-refractivity contribution < 1.29 is 27.0 Å². The highest BCUT2D eigenvalue weighted by Gasteiger charge is 2.09. The molecular formula is C30H32F4O2. The third-order valence-electron chi connectivity index (χ3n) is 4.64. The molecule has 0 aliphatic carbocycles. The van der Waals surface area contributed by atoms with Crippen LogP contribution in [0.1, 0.15) is 35.1 Å². The van der Waals surface area contributed by atoms with Gasteiger partial charge in [-0.3, -0.25) is 0 Å². The van der Waals surface area contributed by atoms with E-state index in [1.165, 1.54) is 79.2 Å². The summed E-state index contributed by atoms with van der Waals surface area (Å²) < 4.78 is 65.6. The zero-order valence-corrected chi connectivity index (χ0v) is 18.8. The van der Waals surface area contributed by atoms with E-state index in [9.17, 15) is 17.6 Å². The molecule has 0 bridgehead atoms. The maximum Gasteiger partial charge on any atom is 0.230 e. The normalized spacial score (nSPS) is 9.72. The van der Waals surface area contributed by atoms with E-state index >= 15 is 0 Å². The van der Waals surface area contributed by atoms with Crippen molar-refractivity contribution in [2.24, 2.45) is 0 Å². The Labute approximate surface area is 211 Å². The van der Waals surface area contributed by atoms with E-state index < -0.39 is 23.3 Å². The molecule has 0 fully saturated rings. The summed E-state index contributed by atoms with van der Waals surface area (Å²) >= 11 is 0. The van der Waals surface area contributed by atoms with Crippen molar-refractivity contribution in [2.75, 3.05) is 6.79 Å². The molecular weight excluding hydrogens is 468 g/mol. The summed E-state index contributed by atoms with van der Waals surface area (Å²) in [6.07, 6.45) is 1.25. The Hall–Kier alpha value is -3.80. The van der Waals surface area contributed by atoms with E-state index in [1.54, 1.807) is 12.1 Å². The first-order valence-corrected chi connectivity index (χ1v) is 10.8. The number of hydrogen-bond donors (Lipinski definition) is 0. The fraction of sp³-hybridized carbons (Fsp3) is 0.200. The maximum atomic E-state index is 14.4. The highest BCUT2D eigenvalue weighted by Crippen LogP contribution is 2.28. The monoisotopic (exact) mass is 500 g/mol. The van der Waals surface area contributed by atoms with Crippen molar-refractivity contribution in [2.45, 2.75) is 35.1 Å². The van der Waals surface area contributed by atoms with E-state index in [-0.39, 0.29) is 33.1 Å². The summed E-state index contributed by atoms with van der Waals surface area (Å²) in [6, 6.07) is 19.5. The van der Waals surface area contributed by atoms with Crippen LogP contribution >= 0.6 is 0 Å². The molecule has 0 atom stereocenters. The first-order valence-electron chi connectivity index (χ1n) is 10.8. The van der Waals surface area contributed by atoms with Gasteiger partial charge in [-0.15, -0.1) is 0 Å². The Bertz CT molecular complexity index is 1110. The highest BCUT2D eigenvalue weighted by molar-refractivity contribution is 5.65. The molecule has 0 radical (unpaired) electrons. The minimum absolute atomic E-state index is 0. The summed E-state index contributed by atoms with van der Waals surface area (Å²) in [5, 5.41) is 0. The van der Waals surface area contributed by atoms with Crippen LogP contribution in [0.2, 0.25) is 0 Å². The topological polar surface area (TPSA) is 18.5 Å². The molecule has 2 nitrogen and oxygen atoms in total. The van der Waals surface area contributed by atoms with Crippen molar-refractivity contribution in [1.29, 1.82) is 0 Å². The molecule has 0 N–H and O–H groups in total.